The van der Waals surface area contributed by atoms with E-state index in [-0.39, 0.29) is 5.28 Å². The van der Waals surface area contributed by atoms with E-state index in [2.05, 4.69) is 66.3 Å². The van der Waals surface area contributed by atoms with E-state index in [0.29, 0.717) is 0 Å². The highest BCUT2D eigenvalue weighted by atomic mass is 35.5. The number of rotatable bonds is 2. The Bertz CT molecular complexity index is 1080. The standard InChI is InChI=1S/C22H17ClN2/c1-14-8-3-5-11-17(14)20-15(2)21(25-22(23)24-20)19-13-7-10-16-9-4-6-12-18(16)19/h3-13H,1-2H3. The Labute approximate surface area is 152 Å². The average Bonchev–Trinajstić information content (AvgIpc) is 2.63. The van der Waals surface area contributed by atoms with Crippen molar-refractivity contribution in [2.24, 2.45) is 0 Å². The molecule has 3 aromatic carbocycles. The zero-order chi connectivity index (χ0) is 17.4. The fourth-order valence-corrected chi connectivity index (χ4v) is 3.45. The molecule has 0 amide bonds. The van der Waals surface area contributed by atoms with Crippen LogP contribution in [0.5, 0.6) is 0 Å². The lowest BCUT2D eigenvalue weighted by molar-refractivity contribution is 1.14. The molecular formula is C22H17ClN2. The maximum Gasteiger partial charge on any atom is 0.223 e. The van der Waals surface area contributed by atoms with Gasteiger partial charge in [-0.15, -0.1) is 0 Å². The van der Waals surface area contributed by atoms with Gasteiger partial charge in [0.15, 0.2) is 0 Å². The van der Waals surface area contributed by atoms with E-state index >= 15 is 0 Å². The third kappa shape index (κ3) is 2.79. The van der Waals surface area contributed by atoms with Crippen LogP contribution >= 0.6 is 11.6 Å². The van der Waals surface area contributed by atoms with E-state index in [0.717, 1.165) is 28.1 Å². The Morgan fingerprint density at radius 3 is 2.08 bits per heavy atom. The first-order chi connectivity index (χ1) is 12.1. The van der Waals surface area contributed by atoms with Crippen molar-refractivity contribution in [3.05, 3.63) is 83.1 Å². The summed E-state index contributed by atoms with van der Waals surface area (Å²) < 4.78 is 0. The third-order valence-corrected chi connectivity index (χ3v) is 4.73. The number of aromatic nitrogens is 2. The maximum absolute atomic E-state index is 6.30. The molecule has 0 spiro atoms. The summed E-state index contributed by atoms with van der Waals surface area (Å²) in [5.41, 5.74) is 6.15. The van der Waals surface area contributed by atoms with Gasteiger partial charge < -0.3 is 0 Å². The van der Waals surface area contributed by atoms with Crippen LogP contribution < -0.4 is 0 Å². The van der Waals surface area contributed by atoms with Crippen molar-refractivity contribution in [1.29, 1.82) is 0 Å². The van der Waals surface area contributed by atoms with Gasteiger partial charge in [-0.3, -0.25) is 0 Å². The van der Waals surface area contributed by atoms with E-state index < -0.39 is 0 Å². The molecule has 4 aromatic rings. The van der Waals surface area contributed by atoms with Crippen molar-refractivity contribution in [3.8, 4) is 22.5 Å². The van der Waals surface area contributed by atoms with Crippen LogP contribution in [0.25, 0.3) is 33.3 Å². The first-order valence-corrected chi connectivity index (χ1v) is 8.61. The lowest BCUT2D eigenvalue weighted by Crippen LogP contribution is -1.99. The van der Waals surface area contributed by atoms with Gasteiger partial charge in [0.25, 0.3) is 0 Å². The van der Waals surface area contributed by atoms with Crippen molar-refractivity contribution in [3.63, 3.8) is 0 Å². The number of nitrogens with zero attached hydrogens (tertiary/aromatic N) is 2. The topological polar surface area (TPSA) is 25.8 Å². The van der Waals surface area contributed by atoms with Gasteiger partial charge in [0.1, 0.15) is 0 Å². The van der Waals surface area contributed by atoms with Gasteiger partial charge in [-0.25, -0.2) is 9.97 Å². The van der Waals surface area contributed by atoms with Gasteiger partial charge in [0.05, 0.1) is 11.4 Å². The van der Waals surface area contributed by atoms with Crippen LogP contribution in [0.1, 0.15) is 11.1 Å². The van der Waals surface area contributed by atoms with E-state index in [4.69, 9.17) is 11.6 Å². The summed E-state index contributed by atoms with van der Waals surface area (Å²) in [5.74, 6) is 0. The maximum atomic E-state index is 6.30. The molecule has 3 heteroatoms. The van der Waals surface area contributed by atoms with Crippen LogP contribution in [0, 0.1) is 13.8 Å². The molecule has 0 atom stereocenters. The lowest BCUT2D eigenvalue weighted by atomic mass is 9.96. The predicted octanol–water partition coefficient (Wildman–Crippen LogP) is 6.23. The molecule has 25 heavy (non-hydrogen) atoms. The highest BCUT2D eigenvalue weighted by molar-refractivity contribution is 6.28. The molecule has 1 aromatic heterocycles. The molecule has 0 saturated carbocycles. The summed E-state index contributed by atoms with van der Waals surface area (Å²) in [6.45, 7) is 4.15. The second kappa shape index (κ2) is 6.30. The molecule has 122 valence electrons. The highest BCUT2D eigenvalue weighted by Crippen LogP contribution is 2.35. The Morgan fingerprint density at radius 1 is 0.680 bits per heavy atom. The number of hydrogen-bond donors (Lipinski definition) is 0. The zero-order valence-corrected chi connectivity index (χ0v) is 14.9. The molecule has 2 nitrogen and oxygen atoms in total. The van der Waals surface area contributed by atoms with E-state index in [1.165, 1.54) is 16.3 Å². The summed E-state index contributed by atoms with van der Waals surface area (Å²) in [6, 6.07) is 22.8. The molecule has 1 heterocycles. The van der Waals surface area contributed by atoms with Gasteiger partial charge >= 0.3 is 0 Å². The van der Waals surface area contributed by atoms with Gasteiger partial charge in [-0.05, 0) is 41.8 Å². The molecule has 0 N–H and O–H groups in total. The number of benzene rings is 3. The largest absolute Gasteiger partial charge is 0.223 e. The fourth-order valence-electron chi connectivity index (χ4n) is 3.28. The first kappa shape index (κ1) is 15.8. The summed E-state index contributed by atoms with van der Waals surface area (Å²) in [4.78, 5) is 9.09. The normalized spacial score (nSPS) is 11.0. The summed E-state index contributed by atoms with van der Waals surface area (Å²) in [5, 5.41) is 2.62. The SMILES string of the molecule is Cc1ccccc1-c1nc(Cl)nc(-c2cccc3ccccc23)c1C. The minimum Gasteiger partial charge on any atom is -0.218 e. The monoisotopic (exact) mass is 344 g/mol. The number of aryl methyl sites for hydroxylation is 1. The molecule has 0 saturated heterocycles. The van der Waals surface area contributed by atoms with Gasteiger partial charge in [0, 0.05) is 16.7 Å². The molecule has 0 radical (unpaired) electrons. The van der Waals surface area contributed by atoms with Crippen molar-refractivity contribution < 1.29 is 0 Å². The predicted molar refractivity (Wildman–Crippen MR) is 105 cm³/mol. The second-order valence-corrected chi connectivity index (χ2v) is 6.49. The summed E-state index contributed by atoms with van der Waals surface area (Å²) in [6.07, 6.45) is 0. The molecular weight excluding hydrogens is 328 g/mol. The Balaban J connectivity index is 2.02. The number of fused-ring (bicyclic) bond motifs is 1. The Morgan fingerprint density at radius 2 is 1.28 bits per heavy atom. The summed E-state index contributed by atoms with van der Waals surface area (Å²) >= 11 is 6.30. The molecule has 0 bridgehead atoms. The molecule has 0 aliphatic carbocycles. The van der Waals surface area contributed by atoms with Crippen molar-refractivity contribution in [1.82, 2.24) is 9.97 Å². The number of halogens is 1. The van der Waals surface area contributed by atoms with Gasteiger partial charge in [0.2, 0.25) is 5.28 Å². The summed E-state index contributed by atoms with van der Waals surface area (Å²) in [7, 11) is 0. The van der Waals surface area contributed by atoms with Crippen molar-refractivity contribution >= 4 is 22.4 Å². The van der Waals surface area contributed by atoms with Crippen LogP contribution in [0.3, 0.4) is 0 Å². The smallest absolute Gasteiger partial charge is 0.218 e. The minimum atomic E-state index is 0.270. The van der Waals surface area contributed by atoms with Crippen LogP contribution in [0.4, 0.5) is 0 Å². The molecule has 4 rings (SSSR count). The van der Waals surface area contributed by atoms with Crippen LogP contribution in [0.2, 0.25) is 5.28 Å². The molecule has 0 aliphatic heterocycles. The van der Waals surface area contributed by atoms with E-state index in [9.17, 15) is 0 Å². The quantitative estimate of drug-likeness (QED) is 0.402. The molecule has 0 fully saturated rings. The van der Waals surface area contributed by atoms with Crippen molar-refractivity contribution in [2.45, 2.75) is 13.8 Å². The van der Waals surface area contributed by atoms with Crippen LogP contribution in [0.15, 0.2) is 66.7 Å². The molecule has 0 unspecified atom stereocenters. The third-order valence-electron chi connectivity index (χ3n) is 4.56. The highest BCUT2D eigenvalue weighted by Gasteiger charge is 2.16. The lowest BCUT2D eigenvalue weighted by Gasteiger charge is -2.14. The van der Waals surface area contributed by atoms with E-state index in [1.54, 1.807) is 0 Å². The van der Waals surface area contributed by atoms with Gasteiger partial charge in [-0.1, -0.05) is 66.7 Å². The minimum absolute atomic E-state index is 0.270. The van der Waals surface area contributed by atoms with Crippen molar-refractivity contribution in [2.75, 3.05) is 0 Å². The fraction of sp³-hybridized carbons (Fsp3) is 0.0909. The van der Waals surface area contributed by atoms with Gasteiger partial charge in [-0.2, -0.15) is 0 Å². The molecule has 0 aliphatic rings. The Kier molecular flexibility index (Phi) is 3.98. The zero-order valence-electron chi connectivity index (χ0n) is 14.1. The Hall–Kier alpha value is -2.71. The van der Waals surface area contributed by atoms with Crippen LogP contribution in [-0.2, 0) is 0 Å². The second-order valence-electron chi connectivity index (χ2n) is 6.16. The number of hydrogen-bond acceptors (Lipinski definition) is 2. The van der Waals surface area contributed by atoms with Crippen LogP contribution in [-0.4, -0.2) is 9.97 Å². The van der Waals surface area contributed by atoms with E-state index in [1.807, 2.05) is 24.3 Å². The first-order valence-electron chi connectivity index (χ1n) is 8.23. The average molecular weight is 345 g/mol.